The van der Waals surface area contributed by atoms with Gasteiger partial charge in [0.05, 0.1) is 10.7 Å². The Morgan fingerprint density at radius 1 is 1.67 bits per heavy atom. The average Bonchev–Trinajstić information content (AvgIpc) is 2.66. The van der Waals surface area contributed by atoms with Crippen molar-refractivity contribution < 1.29 is 0 Å². The topological polar surface area (TPSA) is 63.3 Å². The number of nitrogens with one attached hydrogen (secondary N) is 1. The van der Waals surface area contributed by atoms with E-state index in [1.807, 2.05) is 0 Å². The summed E-state index contributed by atoms with van der Waals surface area (Å²) in [7, 11) is 1.67. The summed E-state index contributed by atoms with van der Waals surface area (Å²) in [5.74, 6) is 0.994. The molecule has 0 aliphatic carbocycles. The summed E-state index contributed by atoms with van der Waals surface area (Å²) in [6.07, 6.45) is 0.888. The Balaban J connectivity index is 2.38. The van der Waals surface area contributed by atoms with Crippen molar-refractivity contribution in [3.8, 4) is 0 Å². The van der Waals surface area contributed by atoms with E-state index in [4.69, 9.17) is 5.73 Å². The van der Waals surface area contributed by atoms with E-state index in [1.165, 1.54) is 5.01 Å². The minimum Gasteiger partial charge on any atom is -0.370 e. The highest BCUT2D eigenvalue weighted by Crippen LogP contribution is 2.18. The molecule has 0 atom stereocenters. The van der Waals surface area contributed by atoms with E-state index >= 15 is 0 Å². The van der Waals surface area contributed by atoms with Crippen LogP contribution in [0, 0.1) is 0 Å². The molecule has 0 spiro atoms. The number of thiazole rings is 1. The molecule has 0 amide bonds. The second-order valence-corrected chi connectivity index (χ2v) is 4.51. The molecule has 0 aliphatic heterocycles. The fourth-order valence-corrected chi connectivity index (χ4v) is 1.97. The van der Waals surface area contributed by atoms with Crippen molar-refractivity contribution in [2.24, 2.45) is 10.7 Å². The maximum absolute atomic E-state index is 5.51. The summed E-state index contributed by atoms with van der Waals surface area (Å²) < 4.78 is 0. The Bertz CT molecular complexity index is 330. The fraction of sp³-hybridized carbons (Fsp3) is 0.600. The van der Waals surface area contributed by atoms with Crippen LogP contribution in [0.15, 0.2) is 10.4 Å². The van der Waals surface area contributed by atoms with Crippen LogP contribution in [0.1, 0.15) is 30.5 Å². The van der Waals surface area contributed by atoms with Gasteiger partial charge in [0, 0.05) is 31.3 Å². The Kier molecular flexibility index (Phi) is 4.55. The highest BCUT2D eigenvalue weighted by molar-refractivity contribution is 7.09. The first-order chi connectivity index (χ1) is 7.13. The van der Waals surface area contributed by atoms with E-state index in [9.17, 15) is 0 Å². The van der Waals surface area contributed by atoms with Gasteiger partial charge in [-0.15, -0.1) is 11.3 Å². The molecule has 5 heteroatoms. The number of guanidine groups is 1. The van der Waals surface area contributed by atoms with Crippen molar-refractivity contribution in [1.82, 2.24) is 10.3 Å². The first kappa shape index (κ1) is 12.0. The molecule has 0 aliphatic rings. The fourth-order valence-electron chi connectivity index (χ4n) is 1.10. The van der Waals surface area contributed by atoms with Gasteiger partial charge in [-0.2, -0.15) is 0 Å². The zero-order valence-corrected chi connectivity index (χ0v) is 10.3. The number of hydrogen-bond donors (Lipinski definition) is 2. The lowest BCUT2D eigenvalue weighted by atomic mass is 10.2. The minimum atomic E-state index is 0.481. The second-order valence-electron chi connectivity index (χ2n) is 3.62. The maximum atomic E-state index is 5.51. The smallest absolute Gasteiger partial charge is 0.188 e. The number of aliphatic imine (C=N–C) groups is 1. The zero-order valence-electron chi connectivity index (χ0n) is 9.45. The first-order valence-electron chi connectivity index (χ1n) is 5.04. The van der Waals surface area contributed by atoms with E-state index in [0.29, 0.717) is 11.9 Å². The number of nitrogens with zero attached hydrogens (tertiary/aromatic N) is 2. The lowest BCUT2D eigenvalue weighted by molar-refractivity contribution is 0.807. The van der Waals surface area contributed by atoms with Crippen molar-refractivity contribution in [1.29, 1.82) is 0 Å². The largest absolute Gasteiger partial charge is 0.370 e. The molecule has 0 saturated heterocycles. The van der Waals surface area contributed by atoms with Gasteiger partial charge in [0.2, 0.25) is 0 Å². The Hall–Kier alpha value is -1.10. The molecular formula is C10H18N4S. The van der Waals surface area contributed by atoms with Gasteiger partial charge in [-0.3, -0.25) is 4.99 Å². The Labute approximate surface area is 94.6 Å². The molecule has 4 nitrogen and oxygen atoms in total. The highest BCUT2D eigenvalue weighted by Gasteiger charge is 2.05. The van der Waals surface area contributed by atoms with Gasteiger partial charge in [-0.1, -0.05) is 13.8 Å². The molecule has 1 heterocycles. The van der Waals surface area contributed by atoms with Crippen LogP contribution in [-0.2, 0) is 6.42 Å². The lowest BCUT2D eigenvalue weighted by Gasteiger charge is -2.02. The Morgan fingerprint density at radius 2 is 2.40 bits per heavy atom. The van der Waals surface area contributed by atoms with Crippen molar-refractivity contribution in [3.05, 3.63) is 16.1 Å². The number of nitrogens with two attached hydrogens (primary N) is 1. The third-order valence-electron chi connectivity index (χ3n) is 1.99. The van der Waals surface area contributed by atoms with Crippen LogP contribution >= 0.6 is 11.3 Å². The van der Waals surface area contributed by atoms with Gasteiger partial charge in [-0.25, -0.2) is 4.98 Å². The molecule has 0 aromatic carbocycles. The molecule has 84 valence electrons. The van der Waals surface area contributed by atoms with Gasteiger partial charge in [-0.05, 0) is 0 Å². The SMILES string of the molecule is CN=C(N)NCCc1csc(C(C)C)n1. The summed E-state index contributed by atoms with van der Waals surface area (Å²) in [6.45, 7) is 5.09. The van der Waals surface area contributed by atoms with E-state index in [-0.39, 0.29) is 0 Å². The number of hydrogen-bond acceptors (Lipinski definition) is 3. The lowest BCUT2D eigenvalue weighted by Crippen LogP contribution is -2.32. The van der Waals surface area contributed by atoms with Crippen LogP contribution in [-0.4, -0.2) is 24.5 Å². The van der Waals surface area contributed by atoms with Gasteiger partial charge in [0.25, 0.3) is 0 Å². The number of rotatable bonds is 4. The van der Waals surface area contributed by atoms with Crippen LogP contribution in [0.25, 0.3) is 0 Å². The van der Waals surface area contributed by atoms with Gasteiger partial charge in [0.1, 0.15) is 0 Å². The van der Waals surface area contributed by atoms with Crippen LogP contribution in [0.5, 0.6) is 0 Å². The van der Waals surface area contributed by atoms with Gasteiger partial charge >= 0.3 is 0 Å². The molecule has 0 unspecified atom stereocenters. The summed E-state index contributed by atoms with van der Waals surface area (Å²) >= 11 is 1.72. The molecule has 0 bridgehead atoms. The third kappa shape index (κ3) is 3.87. The maximum Gasteiger partial charge on any atom is 0.188 e. The van der Waals surface area contributed by atoms with Gasteiger partial charge < -0.3 is 11.1 Å². The molecular weight excluding hydrogens is 208 g/mol. The average molecular weight is 226 g/mol. The summed E-state index contributed by atoms with van der Waals surface area (Å²) in [4.78, 5) is 8.35. The monoisotopic (exact) mass is 226 g/mol. The van der Waals surface area contributed by atoms with E-state index < -0.39 is 0 Å². The van der Waals surface area contributed by atoms with Crippen molar-refractivity contribution >= 4 is 17.3 Å². The molecule has 3 N–H and O–H groups in total. The standard InChI is InChI=1S/C10H18N4S/c1-7(2)9-14-8(6-15-9)4-5-13-10(11)12-3/h6-7H,4-5H2,1-3H3,(H3,11,12,13). The normalized spacial score (nSPS) is 12.1. The van der Waals surface area contributed by atoms with Gasteiger partial charge in [0.15, 0.2) is 5.96 Å². The summed E-state index contributed by atoms with van der Waals surface area (Å²) in [5.41, 5.74) is 6.64. The summed E-state index contributed by atoms with van der Waals surface area (Å²) in [5, 5.41) is 6.32. The predicted molar refractivity (Wildman–Crippen MR) is 65.5 cm³/mol. The van der Waals surface area contributed by atoms with Crippen molar-refractivity contribution in [2.75, 3.05) is 13.6 Å². The molecule has 0 radical (unpaired) electrons. The van der Waals surface area contributed by atoms with Crippen LogP contribution in [0.2, 0.25) is 0 Å². The first-order valence-corrected chi connectivity index (χ1v) is 5.92. The second kappa shape index (κ2) is 5.70. The molecule has 0 saturated carbocycles. The minimum absolute atomic E-state index is 0.481. The van der Waals surface area contributed by atoms with E-state index in [2.05, 4.69) is 34.5 Å². The third-order valence-corrected chi connectivity index (χ3v) is 3.19. The van der Waals surface area contributed by atoms with E-state index in [1.54, 1.807) is 18.4 Å². The summed E-state index contributed by atoms with van der Waals surface area (Å²) in [6, 6.07) is 0. The highest BCUT2D eigenvalue weighted by atomic mass is 32.1. The van der Waals surface area contributed by atoms with Crippen molar-refractivity contribution in [3.63, 3.8) is 0 Å². The Morgan fingerprint density at radius 3 is 2.93 bits per heavy atom. The predicted octanol–water partition coefficient (Wildman–Crippen LogP) is 1.34. The molecule has 1 aromatic rings. The van der Waals surface area contributed by atoms with E-state index in [0.717, 1.165) is 18.7 Å². The van der Waals surface area contributed by atoms with Crippen LogP contribution in [0.3, 0.4) is 0 Å². The van der Waals surface area contributed by atoms with Crippen molar-refractivity contribution in [2.45, 2.75) is 26.2 Å². The van der Waals surface area contributed by atoms with Crippen LogP contribution in [0.4, 0.5) is 0 Å². The molecule has 0 fully saturated rings. The molecule has 1 rings (SSSR count). The quantitative estimate of drug-likeness (QED) is 0.601. The molecule has 15 heavy (non-hydrogen) atoms. The molecule has 1 aromatic heterocycles. The van der Waals surface area contributed by atoms with Crippen LogP contribution < -0.4 is 11.1 Å². The number of aromatic nitrogens is 1. The zero-order chi connectivity index (χ0) is 11.3.